The number of nitrogens with zero attached hydrogens (tertiary/aromatic N) is 4. The minimum atomic E-state index is -4.46. The first-order valence-electron chi connectivity index (χ1n) is 8.06. The van der Waals surface area contributed by atoms with E-state index < -0.39 is 17.3 Å². The molecule has 2 aromatic heterocycles. The maximum atomic E-state index is 13.3. The van der Waals surface area contributed by atoms with Crippen molar-refractivity contribution in [2.45, 2.75) is 19.1 Å². The monoisotopic (exact) mass is 395 g/mol. The third kappa shape index (κ3) is 3.08. The topological polar surface area (TPSA) is 66.8 Å². The van der Waals surface area contributed by atoms with Gasteiger partial charge in [-0.15, -0.1) is 0 Å². The lowest BCUT2D eigenvalue weighted by Gasteiger charge is -2.29. The number of imidazole rings is 1. The summed E-state index contributed by atoms with van der Waals surface area (Å²) in [5.74, 6) is 0. The predicted octanol–water partition coefficient (Wildman–Crippen LogP) is 3.19. The van der Waals surface area contributed by atoms with Gasteiger partial charge >= 0.3 is 6.18 Å². The molecule has 3 heterocycles. The van der Waals surface area contributed by atoms with E-state index in [-0.39, 0.29) is 10.7 Å². The summed E-state index contributed by atoms with van der Waals surface area (Å²) in [6.45, 7) is 0.791. The lowest BCUT2D eigenvalue weighted by molar-refractivity contribution is -0.137. The van der Waals surface area contributed by atoms with Crippen LogP contribution in [0, 0.1) is 0 Å². The van der Waals surface area contributed by atoms with Gasteiger partial charge in [-0.2, -0.15) is 18.3 Å². The molecule has 0 fully saturated rings. The number of anilines is 1. The molecule has 140 valence electrons. The summed E-state index contributed by atoms with van der Waals surface area (Å²) in [6, 6.07) is 5.40. The summed E-state index contributed by atoms with van der Waals surface area (Å²) < 4.78 is 41.5. The van der Waals surface area contributed by atoms with Crippen LogP contribution in [0.3, 0.4) is 0 Å². The highest BCUT2D eigenvalue weighted by Gasteiger charge is 2.34. The molecule has 0 amide bonds. The maximum absolute atomic E-state index is 13.3. The van der Waals surface area contributed by atoms with Gasteiger partial charge in [0, 0.05) is 18.7 Å². The first-order valence-corrected chi connectivity index (χ1v) is 8.44. The Morgan fingerprint density at radius 2 is 1.96 bits per heavy atom. The zero-order chi connectivity index (χ0) is 19.2. The number of H-pyrrole nitrogens is 1. The predicted molar refractivity (Wildman–Crippen MR) is 93.2 cm³/mol. The molecule has 1 aliphatic rings. The fraction of sp³-hybridized carbons (Fsp3) is 0.235. The molecule has 0 aliphatic carbocycles. The number of nitrogens with one attached hydrogen (secondary N) is 1. The molecule has 0 unspecified atom stereocenters. The van der Waals surface area contributed by atoms with Crippen molar-refractivity contribution in [1.82, 2.24) is 19.7 Å². The third-order valence-electron chi connectivity index (χ3n) is 4.50. The number of benzene rings is 1. The zero-order valence-corrected chi connectivity index (χ0v) is 14.6. The van der Waals surface area contributed by atoms with E-state index in [9.17, 15) is 18.0 Å². The Hall–Kier alpha value is -2.81. The number of halogens is 4. The van der Waals surface area contributed by atoms with E-state index in [2.05, 4.69) is 15.2 Å². The number of fused-ring (bicyclic) bond motifs is 1. The van der Waals surface area contributed by atoms with Gasteiger partial charge in [-0.25, -0.2) is 10.1 Å². The second-order valence-corrected chi connectivity index (χ2v) is 6.47. The molecule has 4 rings (SSSR count). The summed E-state index contributed by atoms with van der Waals surface area (Å²) in [4.78, 5) is 17.8. The Kier molecular flexibility index (Phi) is 4.18. The number of para-hydroxylation sites is 1. The maximum Gasteiger partial charge on any atom is 0.418 e. The largest absolute Gasteiger partial charge is 0.418 e. The van der Waals surface area contributed by atoms with E-state index in [4.69, 9.17) is 11.6 Å². The molecule has 1 aromatic carbocycles. The fourth-order valence-corrected chi connectivity index (χ4v) is 3.45. The highest BCUT2D eigenvalue weighted by Crippen LogP contribution is 2.35. The van der Waals surface area contributed by atoms with E-state index in [1.165, 1.54) is 29.2 Å². The van der Waals surface area contributed by atoms with Gasteiger partial charge in [0.25, 0.3) is 5.56 Å². The molecule has 0 saturated carbocycles. The molecule has 0 bridgehead atoms. The minimum Gasteiger partial charge on any atom is -0.362 e. The van der Waals surface area contributed by atoms with Crippen LogP contribution < -0.4 is 10.5 Å². The van der Waals surface area contributed by atoms with Crippen LogP contribution in [0.4, 0.5) is 18.9 Å². The van der Waals surface area contributed by atoms with Crippen LogP contribution in [0.1, 0.15) is 17.0 Å². The SMILES string of the molecule is O=c1[nH]ncc(N2CCc3c(ncn3-c3ccccc3C(F)(F)F)C2)c1Cl. The van der Waals surface area contributed by atoms with Crippen molar-refractivity contribution < 1.29 is 13.2 Å². The van der Waals surface area contributed by atoms with Crippen molar-refractivity contribution in [1.29, 1.82) is 0 Å². The quantitative estimate of drug-likeness (QED) is 0.723. The Labute approximate surface area is 156 Å². The van der Waals surface area contributed by atoms with E-state index >= 15 is 0 Å². The number of rotatable bonds is 2. The number of aromatic nitrogens is 4. The Morgan fingerprint density at radius 3 is 2.74 bits per heavy atom. The van der Waals surface area contributed by atoms with Crippen LogP contribution in [0.5, 0.6) is 0 Å². The molecule has 6 nitrogen and oxygen atoms in total. The van der Waals surface area contributed by atoms with Crippen molar-refractivity contribution >= 4 is 17.3 Å². The lowest BCUT2D eigenvalue weighted by atomic mass is 10.1. The molecule has 0 saturated heterocycles. The average Bonchev–Trinajstić information content (AvgIpc) is 3.06. The van der Waals surface area contributed by atoms with Crippen molar-refractivity contribution in [3.8, 4) is 5.69 Å². The smallest absolute Gasteiger partial charge is 0.362 e. The highest BCUT2D eigenvalue weighted by atomic mass is 35.5. The van der Waals surface area contributed by atoms with Gasteiger partial charge in [-0.05, 0) is 12.1 Å². The molecule has 1 N–H and O–H groups in total. The fourth-order valence-electron chi connectivity index (χ4n) is 3.24. The van der Waals surface area contributed by atoms with Gasteiger partial charge in [0.15, 0.2) is 0 Å². The van der Waals surface area contributed by atoms with E-state index in [1.807, 2.05) is 4.90 Å². The van der Waals surface area contributed by atoms with Crippen LogP contribution in [0.25, 0.3) is 5.69 Å². The molecular formula is C17H13ClF3N5O. The summed E-state index contributed by atoms with van der Waals surface area (Å²) >= 11 is 6.05. The van der Waals surface area contributed by atoms with Crippen LogP contribution in [0.15, 0.2) is 41.6 Å². The average molecular weight is 396 g/mol. The third-order valence-corrected chi connectivity index (χ3v) is 4.86. The van der Waals surface area contributed by atoms with E-state index in [0.717, 1.165) is 6.07 Å². The Bertz CT molecular complexity index is 1060. The van der Waals surface area contributed by atoms with Crippen molar-refractivity contribution in [3.05, 3.63) is 69.1 Å². The summed E-state index contributed by atoms with van der Waals surface area (Å²) in [5, 5.41) is 6.03. The summed E-state index contributed by atoms with van der Waals surface area (Å²) in [7, 11) is 0. The van der Waals surface area contributed by atoms with Crippen LogP contribution >= 0.6 is 11.6 Å². The summed E-state index contributed by atoms with van der Waals surface area (Å²) in [6.07, 6.45) is -1.16. The second kappa shape index (κ2) is 6.41. The first kappa shape index (κ1) is 17.6. The normalized spacial score (nSPS) is 14.3. The number of hydrogen-bond donors (Lipinski definition) is 1. The Balaban J connectivity index is 1.72. The molecule has 1 aliphatic heterocycles. The van der Waals surface area contributed by atoms with Crippen molar-refractivity contribution in [3.63, 3.8) is 0 Å². The van der Waals surface area contributed by atoms with Crippen LogP contribution in [-0.2, 0) is 19.1 Å². The Morgan fingerprint density at radius 1 is 1.19 bits per heavy atom. The second-order valence-electron chi connectivity index (χ2n) is 6.09. The van der Waals surface area contributed by atoms with Gasteiger partial charge in [-0.3, -0.25) is 4.79 Å². The van der Waals surface area contributed by atoms with Gasteiger partial charge in [0.2, 0.25) is 0 Å². The molecule has 27 heavy (non-hydrogen) atoms. The van der Waals surface area contributed by atoms with E-state index in [1.54, 1.807) is 6.07 Å². The van der Waals surface area contributed by atoms with Crippen LogP contribution in [-0.4, -0.2) is 26.3 Å². The molecule has 3 aromatic rings. The number of aromatic amines is 1. The lowest BCUT2D eigenvalue weighted by Crippen LogP contribution is -2.32. The first-order chi connectivity index (χ1) is 12.9. The van der Waals surface area contributed by atoms with Gasteiger partial charge in [-0.1, -0.05) is 23.7 Å². The molecule has 0 atom stereocenters. The van der Waals surface area contributed by atoms with Crippen LogP contribution in [0.2, 0.25) is 5.02 Å². The molecule has 0 radical (unpaired) electrons. The van der Waals surface area contributed by atoms with Gasteiger partial charge in [0.05, 0.1) is 41.7 Å². The van der Waals surface area contributed by atoms with E-state index in [0.29, 0.717) is 36.6 Å². The minimum absolute atomic E-state index is 0.0234. The standard InChI is InChI=1S/C17H13ClF3N5O/c18-15-14(7-23-24-16(15)27)25-6-5-13-11(8-25)22-9-26(13)12-4-2-1-3-10(12)17(19,20)21/h1-4,7,9H,5-6,8H2,(H,24,27). The zero-order valence-electron chi connectivity index (χ0n) is 13.8. The van der Waals surface area contributed by atoms with Gasteiger partial charge in [0.1, 0.15) is 5.02 Å². The highest BCUT2D eigenvalue weighted by molar-refractivity contribution is 6.32. The number of hydrogen-bond acceptors (Lipinski definition) is 4. The van der Waals surface area contributed by atoms with Crippen molar-refractivity contribution in [2.24, 2.45) is 0 Å². The molecule has 0 spiro atoms. The van der Waals surface area contributed by atoms with Gasteiger partial charge < -0.3 is 9.47 Å². The summed E-state index contributed by atoms with van der Waals surface area (Å²) in [5.41, 5.74) is 0.643. The molecular weight excluding hydrogens is 383 g/mol. The van der Waals surface area contributed by atoms with Crippen molar-refractivity contribution in [2.75, 3.05) is 11.4 Å². The molecule has 10 heteroatoms. The number of alkyl halides is 3.